The Morgan fingerprint density at radius 3 is 1.34 bits per heavy atom. The molecule has 0 bridgehead atoms. The molecule has 24 heteroatoms. The standard InChI is InChI=1S/C20H19FN4O2.C18H15FN4O2.C13H17N3O2.C7H3BrFN.Li.H2O/c1-6-27-20(26)15-10-16(11(2)3)25-19(23-15)17(12(4)24-25)18-13(21)8-7-9-14(18)22-5;1-9(2)14-8-13(18(24)25)21-17-15(10(3)22-23(14)17)16-11(19)6-5-7-12(16)20-4;1-5-18-13(17)10-7-11(8(2)3)16-12(14-10)6-9(4)15-16;1-10-6-4-2-3-5(9)7(6)8;;/h7-11H,6H2,1-4H3;5-9H,1-3H3,(H,24,25);6-8H,5H2,1-4H3;2-4H;;1H2/q;;;;+1;/p-1. The van der Waals surface area contributed by atoms with Gasteiger partial charge in [-0.25, -0.2) is 70.6 Å². The van der Waals surface area contributed by atoms with Crippen LogP contribution in [0.1, 0.15) is 139 Å². The first-order valence-electron chi connectivity index (χ1n) is 24.9. The maximum atomic E-state index is 14.6. The molecule has 3 aromatic carbocycles. The van der Waals surface area contributed by atoms with Gasteiger partial charge in [0.2, 0.25) is 5.69 Å². The van der Waals surface area contributed by atoms with E-state index in [0.29, 0.717) is 57.5 Å². The number of carboxylic acids is 1. The molecule has 418 valence electrons. The number of benzene rings is 3. The van der Waals surface area contributed by atoms with E-state index < -0.39 is 29.4 Å². The molecule has 9 rings (SSSR count). The third-order valence-electron chi connectivity index (χ3n) is 11.9. The Morgan fingerprint density at radius 1 is 0.573 bits per heavy atom. The largest absolute Gasteiger partial charge is 1.00 e. The number of rotatable bonds is 10. The Balaban J connectivity index is 0.000000244. The third kappa shape index (κ3) is 14.2. The second-order valence-electron chi connectivity index (χ2n) is 18.5. The van der Waals surface area contributed by atoms with Crippen molar-refractivity contribution in [2.75, 3.05) is 13.2 Å². The summed E-state index contributed by atoms with van der Waals surface area (Å²) in [5, 5.41) is 22.7. The molecule has 0 spiro atoms. The summed E-state index contributed by atoms with van der Waals surface area (Å²) in [5.41, 5.74) is 7.41. The fourth-order valence-electron chi connectivity index (χ4n) is 8.24. The molecule has 9 aromatic rings. The minimum Gasteiger partial charge on any atom is -0.870 e. The summed E-state index contributed by atoms with van der Waals surface area (Å²) in [4.78, 5) is 58.2. The van der Waals surface area contributed by atoms with Crippen LogP contribution in [-0.2, 0) is 9.47 Å². The van der Waals surface area contributed by atoms with Crippen LogP contribution in [0.15, 0.2) is 83.3 Å². The van der Waals surface area contributed by atoms with E-state index >= 15 is 0 Å². The van der Waals surface area contributed by atoms with Crippen LogP contribution in [-0.4, -0.2) is 85.5 Å². The summed E-state index contributed by atoms with van der Waals surface area (Å²) in [6.45, 7) is 42.5. The molecule has 0 aliphatic rings. The van der Waals surface area contributed by atoms with Crippen LogP contribution in [0.4, 0.5) is 30.2 Å². The van der Waals surface area contributed by atoms with E-state index in [0.717, 1.165) is 17.1 Å². The van der Waals surface area contributed by atoms with Crippen molar-refractivity contribution in [1.82, 2.24) is 43.8 Å². The Kier molecular flexibility index (Phi) is 22.9. The predicted molar refractivity (Wildman–Crippen MR) is 300 cm³/mol. The van der Waals surface area contributed by atoms with Crippen LogP contribution in [0.2, 0.25) is 0 Å². The van der Waals surface area contributed by atoms with Crippen LogP contribution < -0.4 is 18.9 Å². The van der Waals surface area contributed by atoms with Crippen molar-refractivity contribution >= 4 is 67.8 Å². The number of carboxylic acid groups (broad SMARTS) is 1. The van der Waals surface area contributed by atoms with Crippen LogP contribution in [0.3, 0.4) is 0 Å². The van der Waals surface area contributed by atoms with Gasteiger partial charge in [-0.1, -0.05) is 93.9 Å². The molecule has 2 N–H and O–H groups in total. The molecule has 0 aliphatic heterocycles. The van der Waals surface area contributed by atoms with E-state index in [1.807, 2.05) is 40.7 Å². The van der Waals surface area contributed by atoms with Gasteiger partial charge in [-0.05, 0) is 88.8 Å². The molecule has 6 aromatic heterocycles. The molecule has 0 aliphatic carbocycles. The van der Waals surface area contributed by atoms with Crippen molar-refractivity contribution in [3.63, 3.8) is 0 Å². The van der Waals surface area contributed by atoms with Crippen molar-refractivity contribution in [3.8, 4) is 22.3 Å². The van der Waals surface area contributed by atoms with Gasteiger partial charge in [-0.2, -0.15) is 15.3 Å². The van der Waals surface area contributed by atoms with Gasteiger partial charge in [-0.3, -0.25) is 0 Å². The first-order chi connectivity index (χ1) is 38.0. The molecule has 0 saturated carbocycles. The second-order valence-corrected chi connectivity index (χ2v) is 19.3. The topological polar surface area (TPSA) is 224 Å². The van der Waals surface area contributed by atoms with Gasteiger partial charge in [-0.15, -0.1) is 0 Å². The number of aromatic nitrogens is 9. The van der Waals surface area contributed by atoms with Crippen molar-refractivity contribution in [2.45, 2.75) is 93.9 Å². The number of carbonyl (C=O) groups excluding carboxylic acids is 2. The number of fused-ring (bicyclic) bond motifs is 3. The van der Waals surface area contributed by atoms with Crippen molar-refractivity contribution in [2.24, 2.45) is 0 Å². The van der Waals surface area contributed by atoms with E-state index in [9.17, 15) is 32.7 Å². The SMILES string of the molecule is CCOC(=O)c1cc(C(C)C)n2nc(C)cc2n1.[C-]#[N+]c1cccc(F)c1-c1c(C)nn2c(C(C)C)cc(C(=O)O)nc12.[C-]#[N+]c1cccc(F)c1-c1c(C)nn2c(C(C)C)cc(C(=O)OCC)nc12.[C-]#[N+]c1cccc(F)c1Br.[Li+].[OH-]. The Bertz CT molecular complexity index is 3990. The summed E-state index contributed by atoms with van der Waals surface area (Å²) < 4.78 is 57.0. The van der Waals surface area contributed by atoms with Gasteiger partial charge in [0.1, 0.15) is 17.5 Å². The maximum Gasteiger partial charge on any atom is 1.00 e. The van der Waals surface area contributed by atoms with Gasteiger partial charge < -0.3 is 20.1 Å². The first kappa shape index (κ1) is 65.7. The minimum absolute atomic E-state index is 0. The molecule has 0 atom stereocenters. The maximum absolute atomic E-state index is 14.6. The molecule has 82 heavy (non-hydrogen) atoms. The van der Waals surface area contributed by atoms with Crippen LogP contribution >= 0.6 is 15.9 Å². The molecular formula is C58H55BrF3LiN12O7. The van der Waals surface area contributed by atoms with Crippen LogP contribution in [0.5, 0.6) is 0 Å². The zero-order valence-corrected chi connectivity index (χ0v) is 48.6. The number of ether oxygens (including phenoxy) is 2. The number of hydrogen-bond donors (Lipinski definition) is 1. The average molecular weight is 1180 g/mol. The second kappa shape index (κ2) is 28.6. The third-order valence-corrected chi connectivity index (χ3v) is 12.7. The van der Waals surface area contributed by atoms with E-state index in [1.165, 1.54) is 53.0 Å². The van der Waals surface area contributed by atoms with Gasteiger partial charge >= 0.3 is 36.8 Å². The molecular weight excluding hydrogens is 1120 g/mol. The molecule has 0 fully saturated rings. The zero-order valence-electron chi connectivity index (χ0n) is 47.0. The number of hydrogen-bond acceptors (Lipinski definition) is 12. The Hall–Kier alpha value is -8.77. The van der Waals surface area contributed by atoms with Gasteiger partial charge in [0.05, 0.1) is 54.5 Å². The number of nitrogens with zero attached hydrogens (tertiary/aromatic N) is 12. The summed E-state index contributed by atoms with van der Waals surface area (Å²) >= 11 is 2.95. The van der Waals surface area contributed by atoms with Crippen LogP contribution in [0.25, 0.3) is 53.7 Å². The monoisotopic (exact) mass is 1170 g/mol. The number of aryl methyl sites for hydroxylation is 3. The Morgan fingerprint density at radius 2 is 0.951 bits per heavy atom. The summed E-state index contributed by atoms with van der Waals surface area (Å²) in [6.07, 6.45) is 0. The molecule has 0 unspecified atom stereocenters. The summed E-state index contributed by atoms with van der Waals surface area (Å²) in [7, 11) is 0. The minimum atomic E-state index is -1.17. The fourth-order valence-corrected chi connectivity index (χ4v) is 8.59. The average Bonchev–Trinajstić information content (AvgIpc) is 4.24. The van der Waals surface area contributed by atoms with Gasteiger partial charge in [0, 0.05) is 45.4 Å². The molecule has 0 radical (unpaired) electrons. The van der Waals surface area contributed by atoms with Crippen molar-refractivity contribution < 1.29 is 66.5 Å². The molecule has 0 saturated heterocycles. The van der Waals surface area contributed by atoms with Gasteiger partial charge in [0.25, 0.3) is 0 Å². The number of halogens is 4. The van der Waals surface area contributed by atoms with Crippen LogP contribution in [0, 0.1) is 57.9 Å². The van der Waals surface area contributed by atoms with E-state index in [-0.39, 0.29) is 98.7 Å². The van der Waals surface area contributed by atoms with E-state index in [2.05, 4.69) is 74.6 Å². The summed E-state index contributed by atoms with van der Waals surface area (Å²) in [5.74, 6) is -3.33. The number of aromatic carboxylic acids is 1. The van der Waals surface area contributed by atoms with Crippen molar-refractivity contribution in [1.29, 1.82) is 0 Å². The normalized spacial score (nSPS) is 10.5. The number of carbonyl (C=O) groups is 3. The Labute approximate surface area is 491 Å². The fraction of sp³-hybridized carbons (Fsp3) is 0.276. The first-order valence-corrected chi connectivity index (χ1v) is 25.7. The summed E-state index contributed by atoms with van der Waals surface area (Å²) in [6, 6.07) is 19.7. The zero-order chi connectivity index (χ0) is 58.9. The smallest absolute Gasteiger partial charge is 0.870 e. The van der Waals surface area contributed by atoms with E-state index in [4.69, 9.17) is 29.2 Å². The molecule has 6 heterocycles. The number of esters is 2. The predicted octanol–water partition coefficient (Wildman–Crippen LogP) is 11.2. The van der Waals surface area contributed by atoms with Crippen molar-refractivity contribution in [3.05, 3.63) is 186 Å². The quantitative estimate of drug-likeness (QED) is 0.0765. The molecule has 0 amide bonds. The molecule has 19 nitrogen and oxygen atoms in total. The van der Waals surface area contributed by atoms with E-state index in [1.54, 1.807) is 61.0 Å². The van der Waals surface area contributed by atoms with Gasteiger partial charge in [0.15, 0.2) is 45.4 Å².